The predicted molar refractivity (Wildman–Crippen MR) is 101 cm³/mol. The van der Waals surface area contributed by atoms with E-state index < -0.39 is 0 Å². The lowest BCUT2D eigenvalue weighted by Crippen LogP contribution is -2.49. The normalized spacial score (nSPS) is 27.1. The van der Waals surface area contributed by atoms with Crippen molar-refractivity contribution in [2.75, 3.05) is 25.0 Å². The largest absolute Gasteiger partial charge is 0.351 e. The first-order valence-electron chi connectivity index (χ1n) is 9.46. The topological polar surface area (TPSA) is 41.1 Å². The molecule has 4 heteroatoms. The maximum Gasteiger partial charge on any atom is 0.222 e. The molecular formula is C21H24N4. The monoisotopic (exact) mass is 332 g/mol. The van der Waals surface area contributed by atoms with Crippen LogP contribution in [0.15, 0.2) is 36.7 Å². The third kappa shape index (κ3) is 2.85. The van der Waals surface area contributed by atoms with E-state index in [1.54, 1.807) is 0 Å². The molecule has 0 spiro atoms. The molecule has 1 N–H and O–H groups in total. The van der Waals surface area contributed by atoms with Crippen LogP contribution in [0, 0.1) is 5.92 Å². The summed E-state index contributed by atoms with van der Waals surface area (Å²) in [7, 11) is 0. The van der Waals surface area contributed by atoms with Gasteiger partial charge in [0.15, 0.2) is 0 Å². The zero-order valence-electron chi connectivity index (χ0n) is 14.5. The maximum absolute atomic E-state index is 4.62. The number of fused-ring (bicyclic) bond motifs is 3. The average molecular weight is 332 g/mol. The summed E-state index contributed by atoms with van der Waals surface area (Å²) in [6, 6.07) is 7.01. The van der Waals surface area contributed by atoms with Crippen LogP contribution in [-0.4, -0.2) is 40.5 Å². The van der Waals surface area contributed by atoms with Gasteiger partial charge in [0.2, 0.25) is 5.95 Å². The summed E-state index contributed by atoms with van der Waals surface area (Å²) < 4.78 is 0. The first-order chi connectivity index (χ1) is 12.4. The number of allylic oxidation sites excluding steroid dienone is 1. The second-order valence-electron chi connectivity index (χ2n) is 7.52. The van der Waals surface area contributed by atoms with Crippen LogP contribution in [0.5, 0.6) is 0 Å². The fourth-order valence-electron chi connectivity index (χ4n) is 4.62. The summed E-state index contributed by atoms with van der Waals surface area (Å²) in [4.78, 5) is 11.8. The van der Waals surface area contributed by atoms with E-state index in [4.69, 9.17) is 0 Å². The molecule has 1 aromatic carbocycles. The SMILES string of the molecule is C1=Cc2c(cccc2-c2cnc(NC3CCN4CCCC3C4)nc2)C1. The Hall–Kier alpha value is -2.20. The van der Waals surface area contributed by atoms with Crippen molar-refractivity contribution >= 4 is 12.0 Å². The highest BCUT2D eigenvalue weighted by atomic mass is 15.2. The summed E-state index contributed by atoms with van der Waals surface area (Å²) in [5.74, 6) is 1.52. The lowest BCUT2D eigenvalue weighted by atomic mass is 9.85. The van der Waals surface area contributed by atoms with Crippen LogP contribution in [-0.2, 0) is 6.42 Å². The van der Waals surface area contributed by atoms with Crippen molar-refractivity contribution < 1.29 is 0 Å². The molecule has 3 unspecified atom stereocenters. The fourth-order valence-corrected chi connectivity index (χ4v) is 4.62. The molecule has 2 aromatic rings. The minimum atomic E-state index is 0.520. The minimum absolute atomic E-state index is 0.520. The van der Waals surface area contributed by atoms with Crippen molar-refractivity contribution in [2.45, 2.75) is 31.7 Å². The van der Waals surface area contributed by atoms with Crippen molar-refractivity contribution in [1.29, 1.82) is 0 Å². The summed E-state index contributed by atoms with van der Waals surface area (Å²) in [5, 5.41) is 3.60. The van der Waals surface area contributed by atoms with E-state index in [-0.39, 0.29) is 0 Å². The van der Waals surface area contributed by atoms with Crippen LogP contribution in [0.3, 0.4) is 0 Å². The van der Waals surface area contributed by atoms with E-state index in [1.165, 1.54) is 55.6 Å². The number of nitrogens with one attached hydrogen (secondary N) is 1. The second kappa shape index (κ2) is 6.26. The predicted octanol–water partition coefficient (Wildman–Crippen LogP) is 3.61. The molecule has 25 heavy (non-hydrogen) atoms. The molecule has 3 atom stereocenters. The van der Waals surface area contributed by atoms with E-state index in [0.717, 1.165) is 23.9 Å². The molecule has 0 radical (unpaired) electrons. The molecule has 3 heterocycles. The van der Waals surface area contributed by atoms with Gasteiger partial charge in [-0.1, -0.05) is 30.4 Å². The number of hydrogen-bond donors (Lipinski definition) is 1. The Morgan fingerprint density at radius 2 is 2.00 bits per heavy atom. The van der Waals surface area contributed by atoms with Crippen LogP contribution >= 0.6 is 0 Å². The number of hydrogen-bond acceptors (Lipinski definition) is 4. The van der Waals surface area contributed by atoms with Gasteiger partial charge in [-0.15, -0.1) is 0 Å². The summed E-state index contributed by atoms with van der Waals surface area (Å²) >= 11 is 0. The molecule has 3 aliphatic rings. The summed E-state index contributed by atoms with van der Waals surface area (Å²) in [6.07, 6.45) is 13.3. The molecule has 1 aromatic heterocycles. The molecule has 2 saturated heterocycles. The summed E-state index contributed by atoms with van der Waals surface area (Å²) in [6.45, 7) is 3.72. The molecule has 128 valence electrons. The first-order valence-corrected chi connectivity index (χ1v) is 9.46. The van der Waals surface area contributed by atoms with Gasteiger partial charge in [-0.25, -0.2) is 9.97 Å². The fraction of sp³-hybridized carbons (Fsp3) is 0.429. The number of anilines is 1. The van der Waals surface area contributed by atoms with Gasteiger partial charge in [-0.2, -0.15) is 0 Å². The molecule has 4 nitrogen and oxygen atoms in total. The Kier molecular flexibility index (Phi) is 3.78. The van der Waals surface area contributed by atoms with E-state index >= 15 is 0 Å². The molecule has 2 fully saturated rings. The van der Waals surface area contributed by atoms with Gasteiger partial charge in [0.25, 0.3) is 0 Å². The highest BCUT2D eigenvalue weighted by Gasteiger charge is 2.32. The van der Waals surface area contributed by atoms with Crippen LogP contribution in [0.25, 0.3) is 17.2 Å². The van der Waals surface area contributed by atoms with Crippen molar-refractivity contribution in [1.82, 2.24) is 14.9 Å². The Morgan fingerprint density at radius 3 is 2.92 bits per heavy atom. The van der Waals surface area contributed by atoms with Gasteiger partial charge in [0, 0.05) is 37.1 Å². The number of aromatic nitrogens is 2. The average Bonchev–Trinajstić information content (AvgIpc) is 3.14. The smallest absolute Gasteiger partial charge is 0.222 e. The number of rotatable bonds is 3. The van der Waals surface area contributed by atoms with Crippen molar-refractivity contribution in [3.05, 3.63) is 47.8 Å². The Bertz CT molecular complexity index is 796. The van der Waals surface area contributed by atoms with Crippen molar-refractivity contribution in [3.63, 3.8) is 0 Å². The van der Waals surface area contributed by atoms with Crippen LogP contribution in [0.2, 0.25) is 0 Å². The zero-order valence-corrected chi connectivity index (χ0v) is 14.5. The van der Waals surface area contributed by atoms with E-state index in [1.807, 2.05) is 12.4 Å². The van der Waals surface area contributed by atoms with Gasteiger partial charge in [0.05, 0.1) is 0 Å². The number of benzene rings is 1. The highest BCUT2D eigenvalue weighted by Crippen LogP contribution is 2.31. The Labute approximate surface area is 149 Å². The second-order valence-corrected chi connectivity index (χ2v) is 7.52. The van der Waals surface area contributed by atoms with Crippen LogP contribution in [0.4, 0.5) is 5.95 Å². The van der Waals surface area contributed by atoms with Crippen LogP contribution in [0.1, 0.15) is 30.4 Å². The van der Waals surface area contributed by atoms with Gasteiger partial charge >= 0.3 is 0 Å². The van der Waals surface area contributed by atoms with Gasteiger partial charge in [0.1, 0.15) is 0 Å². The molecule has 2 bridgehead atoms. The molecular weight excluding hydrogens is 308 g/mol. The molecule has 5 rings (SSSR count). The minimum Gasteiger partial charge on any atom is -0.351 e. The number of piperidine rings is 2. The molecule has 2 aliphatic heterocycles. The van der Waals surface area contributed by atoms with Gasteiger partial charge in [-0.05, 0) is 54.8 Å². The van der Waals surface area contributed by atoms with Crippen molar-refractivity contribution in [3.8, 4) is 11.1 Å². The first kappa shape index (κ1) is 15.1. The number of nitrogens with zero attached hydrogens (tertiary/aromatic N) is 3. The zero-order chi connectivity index (χ0) is 16.6. The van der Waals surface area contributed by atoms with E-state index in [0.29, 0.717) is 6.04 Å². The molecule has 1 aliphatic carbocycles. The Morgan fingerprint density at radius 1 is 1.08 bits per heavy atom. The van der Waals surface area contributed by atoms with Crippen LogP contribution < -0.4 is 5.32 Å². The highest BCUT2D eigenvalue weighted by molar-refractivity contribution is 5.78. The molecule has 0 saturated carbocycles. The van der Waals surface area contributed by atoms with E-state index in [2.05, 4.69) is 50.5 Å². The third-order valence-corrected chi connectivity index (χ3v) is 5.96. The molecule has 0 amide bonds. The lowest BCUT2D eigenvalue weighted by molar-refractivity contribution is 0.113. The third-order valence-electron chi connectivity index (χ3n) is 5.96. The lowest BCUT2D eigenvalue weighted by Gasteiger charge is -2.42. The van der Waals surface area contributed by atoms with Gasteiger partial charge < -0.3 is 10.2 Å². The summed E-state index contributed by atoms with van der Waals surface area (Å²) in [5.41, 5.74) is 5.05. The van der Waals surface area contributed by atoms with Gasteiger partial charge in [-0.3, -0.25) is 0 Å². The maximum atomic E-state index is 4.62. The quantitative estimate of drug-likeness (QED) is 0.932. The van der Waals surface area contributed by atoms with Crippen molar-refractivity contribution in [2.24, 2.45) is 5.92 Å². The van der Waals surface area contributed by atoms with E-state index in [9.17, 15) is 0 Å². The Balaban J connectivity index is 1.34. The standard InChI is InChI=1S/C21H24N4/c1-4-15-5-2-8-19(18(15)7-1)17-12-22-21(23-13-17)24-20-9-11-25-10-3-6-16(20)14-25/h1-2,5,7-8,12-13,16,20H,3-4,6,9-11,14H2,(H,22,23,24).